The van der Waals surface area contributed by atoms with E-state index < -0.39 is 23.4 Å². The Morgan fingerprint density at radius 2 is 1.71 bits per heavy atom. The zero-order valence-corrected chi connectivity index (χ0v) is 13.7. The van der Waals surface area contributed by atoms with E-state index in [9.17, 15) is 13.6 Å². The number of ether oxygens (including phenoxy) is 1. The van der Waals surface area contributed by atoms with E-state index in [0.717, 1.165) is 22.6 Å². The van der Waals surface area contributed by atoms with Crippen molar-refractivity contribution < 1.29 is 18.3 Å². The SMILES string of the molecule is Cc1cnc(-c2cc(F)c(OC(=O)c3ccc(C)s3)c(F)c2)nc1. The Hall–Kier alpha value is -2.67. The predicted octanol–water partition coefficient (Wildman–Crippen LogP) is 4.32. The monoisotopic (exact) mass is 346 g/mol. The van der Waals surface area contributed by atoms with Crippen LogP contribution in [0.5, 0.6) is 5.75 Å². The van der Waals surface area contributed by atoms with Gasteiger partial charge in [0.2, 0.25) is 5.75 Å². The van der Waals surface area contributed by atoms with Crippen molar-refractivity contribution >= 4 is 17.3 Å². The van der Waals surface area contributed by atoms with E-state index in [1.54, 1.807) is 31.5 Å². The molecule has 0 fully saturated rings. The molecule has 7 heteroatoms. The van der Waals surface area contributed by atoms with Crippen LogP contribution in [0.4, 0.5) is 8.78 Å². The summed E-state index contributed by atoms with van der Waals surface area (Å²) in [6, 6.07) is 5.35. The second kappa shape index (κ2) is 6.45. The molecular formula is C17H12F2N2O2S. The summed E-state index contributed by atoms with van der Waals surface area (Å²) in [5.41, 5.74) is 0.994. The average molecular weight is 346 g/mol. The van der Waals surface area contributed by atoms with Crippen LogP contribution in [-0.2, 0) is 0 Å². The maximum Gasteiger partial charge on any atom is 0.353 e. The van der Waals surface area contributed by atoms with Crippen LogP contribution in [0.1, 0.15) is 20.1 Å². The van der Waals surface area contributed by atoms with E-state index in [1.807, 2.05) is 6.92 Å². The Morgan fingerprint density at radius 3 is 2.25 bits per heavy atom. The van der Waals surface area contributed by atoms with Crippen molar-refractivity contribution in [3.05, 3.63) is 63.6 Å². The highest BCUT2D eigenvalue weighted by molar-refractivity contribution is 7.13. The molecule has 24 heavy (non-hydrogen) atoms. The lowest BCUT2D eigenvalue weighted by Gasteiger charge is -2.08. The second-order valence-electron chi connectivity index (χ2n) is 5.15. The minimum atomic E-state index is -0.990. The van der Waals surface area contributed by atoms with Gasteiger partial charge >= 0.3 is 5.97 Å². The summed E-state index contributed by atoms with van der Waals surface area (Å²) in [5.74, 6) is -3.33. The normalized spacial score (nSPS) is 10.7. The molecule has 2 aromatic heterocycles. The number of halogens is 2. The van der Waals surface area contributed by atoms with Crippen molar-refractivity contribution in [2.45, 2.75) is 13.8 Å². The molecule has 0 saturated carbocycles. The lowest BCUT2D eigenvalue weighted by molar-refractivity contribution is 0.0725. The summed E-state index contributed by atoms with van der Waals surface area (Å²) in [4.78, 5) is 21.2. The number of carbonyl (C=O) groups is 1. The van der Waals surface area contributed by atoms with Crippen molar-refractivity contribution in [3.8, 4) is 17.1 Å². The fourth-order valence-corrected chi connectivity index (χ4v) is 2.76. The average Bonchev–Trinajstić information content (AvgIpc) is 2.98. The molecule has 0 atom stereocenters. The fourth-order valence-electron chi connectivity index (χ4n) is 2.02. The number of hydrogen-bond acceptors (Lipinski definition) is 5. The Balaban J connectivity index is 1.90. The molecule has 0 aliphatic heterocycles. The van der Waals surface area contributed by atoms with Gasteiger partial charge in [0, 0.05) is 22.8 Å². The second-order valence-corrected chi connectivity index (χ2v) is 6.44. The first-order valence-corrected chi connectivity index (χ1v) is 7.82. The molecule has 0 N–H and O–H groups in total. The van der Waals surface area contributed by atoms with Crippen LogP contribution in [0.25, 0.3) is 11.4 Å². The lowest BCUT2D eigenvalue weighted by Crippen LogP contribution is -2.09. The Morgan fingerprint density at radius 1 is 1.08 bits per heavy atom. The zero-order chi connectivity index (χ0) is 17.3. The molecule has 0 aliphatic rings. The third kappa shape index (κ3) is 3.30. The summed E-state index contributed by atoms with van der Waals surface area (Å²) in [7, 11) is 0. The number of aryl methyl sites for hydroxylation is 2. The van der Waals surface area contributed by atoms with E-state index in [-0.39, 0.29) is 16.3 Å². The van der Waals surface area contributed by atoms with Crippen LogP contribution in [0.15, 0.2) is 36.7 Å². The molecule has 1 aromatic carbocycles. The van der Waals surface area contributed by atoms with Crippen molar-refractivity contribution in [2.75, 3.05) is 0 Å². The maximum absolute atomic E-state index is 14.2. The quantitative estimate of drug-likeness (QED) is 0.523. The molecule has 122 valence electrons. The summed E-state index contributed by atoms with van der Waals surface area (Å²) in [6.45, 7) is 3.62. The third-order valence-electron chi connectivity index (χ3n) is 3.17. The summed E-state index contributed by atoms with van der Waals surface area (Å²) >= 11 is 1.19. The van der Waals surface area contributed by atoms with E-state index in [2.05, 4.69) is 9.97 Å². The van der Waals surface area contributed by atoms with Crippen LogP contribution in [-0.4, -0.2) is 15.9 Å². The number of rotatable bonds is 3. The number of hydrogen-bond donors (Lipinski definition) is 0. The van der Waals surface area contributed by atoms with Crippen molar-refractivity contribution in [3.63, 3.8) is 0 Å². The predicted molar refractivity (Wildman–Crippen MR) is 86.1 cm³/mol. The molecule has 3 aromatic rings. The van der Waals surface area contributed by atoms with Gasteiger partial charge in [0.05, 0.1) is 0 Å². The zero-order valence-electron chi connectivity index (χ0n) is 12.8. The van der Waals surface area contributed by atoms with E-state index >= 15 is 0 Å². The van der Waals surface area contributed by atoms with Crippen LogP contribution in [0.2, 0.25) is 0 Å². The van der Waals surface area contributed by atoms with Crippen molar-refractivity contribution in [2.24, 2.45) is 0 Å². The number of carbonyl (C=O) groups excluding carboxylic acids is 1. The van der Waals surface area contributed by atoms with E-state index in [1.165, 1.54) is 11.3 Å². The number of aromatic nitrogens is 2. The maximum atomic E-state index is 14.2. The molecule has 0 aliphatic carbocycles. The summed E-state index contributed by atoms with van der Waals surface area (Å²) < 4.78 is 33.2. The molecule has 4 nitrogen and oxygen atoms in total. The first-order chi connectivity index (χ1) is 11.4. The van der Waals surface area contributed by atoms with Gasteiger partial charge in [-0.05, 0) is 43.7 Å². The lowest BCUT2D eigenvalue weighted by atomic mass is 10.2. The summed E-state index contributed by atoms with van der Waals surface area (Å²) in [6.07, 6.45) is 3.09. The van der Waals surface area contributed by atoms with Gasteiger partial charge in [0.15, 0.2) is 17.5 Å². The topological polar surface area (TPSA) is 52.1 Å². The highest BCUT2D eigenvalue weighted by Gasteiger charge is 2.19. The van der Waals surface area contributed by atoms with Gasteiger partial charge in [0.25, 0.3) is 0 Å². The Kier molecular flexibility index (Phi) is 4.35. The smallest absolute Gasteiger partial charge is 0.353 e. The minimum Gasteiger partial charge on any atom is -0.416 e. The minimum absolute atomic E-state index is 0.164. The number of esters is 1. The van der Waals surface area contributed by atoms with Crippen LogP contribution < -0.4 is 4.74 Å². The molecule has 0 unspecified atom stereocenters. The molecule has 0 amide bonds. The van der Waals surface area contributed by atoms with Gasteiger partial charge in [-0.3, -0.25) is 0 Å². The molecule has 3 rings (SSSR count). The molecule has 0 bridgehead atoms. The molecule has 0 spiro atoms. The first-order valence-electron chi connectivity index (χ1n) is 7.00. The van der Waals surface area contributed by atoms with Crippen LogP contribution >= 0.6 is 11.3 Å². The fraction of sp³-hybridized carbons (Fsp3) is 0.118. The Labute approximate surface area is 140 Å². The highest BCUT2D eigenvalue weighted by Crippen LogP contribution is 2.28. The van der Waals surface area contributed by atoms with Gasteiger partial charge in [-0.2, -0.15) is 0 Å². The molecule has 0 radical (unpaired) electrons. The molecule has 0 saturated heterocycles. The van der Waals surface area contributed by atoms with Gasteiger partial charge in [-0.15, -0.1) is 11.3 Å². The number of benzene rings is 1. The third-order valence-corrected chi connectivity index (χ3v) is 4.15. The van der Waals surface area contributed by atoms with Gasteiger partial charge in [-0.25, -0.2) is 23.5 Å². The first kappa shape index (κ1) is 16.2. The molecule has 2 heterocycles. The van der Waals surface area contributed by atoms with Crippen LogP contribution in [0.3, 0.4) is 0 Å². The van der Waals surface area contributed by atoms with Crippen LogP contribution in [0, 0.1) is 25.5 Å². The van der Waals surface area contributed by atoms with Crippen molar-refractivity contribution in [1.82, 2.24) is 9.97 Å². The van der Waals surface area contributed by atoms with Crippen molar-refractivity contribution in [1.29, 1.82) is 0 Å². The Bertz CT molecular complexity index is 884. The standard InChI is InChI=1S/C17H12F2N2O2S/c1-9-7-20-16(21-8-9)11-5-12(18)15(13(19)6-11)23-17(22)14-4-3-10(2)24-14/h3-8H,1-2H3. The number of nitrogens with zero attached hydrogens (tertiary/aromatic N) is 2. The largest absolute Gasteiger partial charge is 0.416 e. The highest BCUT2D eigenvalue weighted by atomic mass is 32.1. The van der Waals surface area contributed by atoms with E-state index in [0.29, 0.717) is 0 Å². The van der Waals surface area contributed by atoms with Gasteiger partial charge < -0.3 is 4.74 Å². The number of thiophene rings is 1. The van der Waals surface area contributed by atoms with Gasteiger partial charge in [0.1, 0.15) is 4.88 Å². The van der Waals surface area contributed by atoms with Gasteiger partial charge in [-0.1, -0.05) is 0 Å². The summed E-state index contributed by atoms with van der Waals surface area (Å²) in [5, 5.41) is 0. The molecular weight excluding hydrogens is 334 g/mol. The van der Waals surface area contributed by atoms with E-state index in [4.69, 9.17) is 4.74 Å².